The normalized spacial score (nSPS) is 22.6. The molecule has 0 bridgehead atoms. The number of halogens is 5. The Hall–Kier alpha value is -2.88. The molecule has 0 amide bonds. The molecule has 1 unspecified atom stereocenters. The van der Waals surface area contributed by atoms with E-state index in [0.29, 0.717) is 24.1 Å². The Kier molecular flexibility index (Phi) is 8.02. The highest BCUT2D eigenvalue weighted by Gasteiger charge is 2.34. The van der Waals surface area contributed by atoms with Crippen LogP contribution < -0.4 is 4.74 Å². The monoisotopic (exact) mass is 503 g/mol. The number of hydrogen-bond acceptors (Lipinski definition) is 2. The molecule has 2 nitrogen and oxygen atoms in total. The van der Waals surface area contributed by atoms with Gasteiger partial charge < -0.3 is 4.74 Å². The van der Waals surface area contributed by atoms with Gasteiger partial charge >= 0.3 is 6.11 Å². The van der Waals surface area contributed by atoms with Crippen molar-refractivity contribution in [3.63, 3.8) is 0 Å². The molecule has 0 aromatic heterocycles. The largest absolute Gasteiger partial charge is 0.494 e. The standard InChI is InChI=1S/C29H30F5NO/c1-2-3-18-4-6-19(7-5-18)20-8-10-21(11-9-20)22-12-13-24(25(30)14-22)23-15-26(31)28(27(32)16-23)36-29(33,34)17-35/h10,12-16,18-20H,2-9,11H2,1H3. The lowest BCUT2D eigenvalue weighted by molar-refractivity contribution is -0.127. The lowest BCUT2D eigenvalue weighted by Gasteiger charge is -2.35. The summed E-state index contributed by atoms with van der Waals surface area (Å²) in [6.45, 7) is 2.25. The quantitative estimate of drug-likeness (QED) is 0.353. The Morgan fingerprint density at radius 1 is 0.917 bits per heavy atom. The van der Waals surface area contributed by atoms with Crippen molar-refractivity contribution >= 4 is 5.57 Å². The van der Waals surface area contributed by atoms with Gasteiger partial charge in [0.05, 0.1) is 0 Å². The van der Waals surface area contributed by atoms with Gasteiger partial charge in [0.15, 0.2) is 23.5 Å². The Morgan fingerprint density at radius 3 is 2.14 bits per heavy atom. The molecular formula is C29H30F5NO. The zero-order valence-corrected chi connectivity index (χ0v) is 20.3. The Bertz CT molecular complexity index is 1140. The van der Waals surface area contributed by atoms with Crippen LogP contribution in [0.25, 0.3) is 16.7 Å². The number of ether oxygens (including phenoxy) is 1. The lowest BCUT2D eigenvalue weighted by atomic mass is 9.70. The molecule has 0 heterocycles. The highest BCUT2D eigenvalue weighted by molar-refractivity contribution is 5.72. The van der Waals surface area contributed by atoms with Crippen LogP contribution in [0.3, 0.4) is 0 Å². The Balaban J connectivity index is 1.45. The van der Waals surface area contributed by atoms with Crippen LogP contribution in [0.1, 0.15) is 70.3 Å². The molecule has 1 saturated carbocycles. The summed E-state index contributed by atoms with van der Waals surface area (Å²) >= 11 is 0. The molecule has 4 rings (SSSR count). The smallest absolute Gasteiger partial charge is 0.415 e. The van der Waals surface area contributed by atoms with Gasteiger partial charge in [-0.15, -0.1) is 8.78 Å². The molecule has 0 saturated heterocycles. The van der Waals surface area contributed by atoms with Crippen LogP contribution in [0.15, 0.2) is 36.4 Å². The van der Waals surface area contributed by atoms with Gasteiger partial charge in [0.2, 0.25) is 0 Å². The number of rotatable bonds is 7. The van der Waals surface area contributed by atoms with Gasteiger partial charge in [-0.1, -0.05) is 50.8 Å². The molecule has 1 fully saturated rings. The van der Waals surface area contributed by atoms with Crippen molar-refractivity contribution in [3.8, 4) is 22.9 Å². The van der Waals surface area contributed by atoms with Crippen molar-refractivity contribution in [1.82, 2.24) is 0 Å². The maximum absolute atomic E-state index is 15.0. The van der Waals surface area contributed by atoms with Gasteiger partial charge in [0.25, 0.3) is 0 Å². The predicted molar refractivity (Wildman–Crippen MR) is 129 cm³/mol. The molecular weight excluding hydrogens is 473 g/mol. The van der Waals surface area contributed by atoms with Crippen LogP contribution in [-0.2, 0) is 0 Å². The third-order valence-electron chi connectivity index (χ3n) is 7.72. The van der Waals surface area contributed by atoms with E-state index in [9.17, 15) is 22.0 Å². The second kappa shape index (κ2) is 11.0. The molecule has 7 heteroatoms. The van der Waals surface area contributed by atoms with E-state index in [1.807, 2.05) is 0 Å². The Labute approximate surface area is 208 Å². The molecule has 192 valence electrons. The van der Waals surface area contributed by atoms with E-state index in [1.165, 1.54) is 50.7 Å². The average Bonchev–Trinajstić information content (AvgIpc) is 2.87. The first-order valence-electron chi connectivity index (χ1n) is 12.7. The van der Waals surface area contributed by atoms with Crippen LogP contribution in [0, 0.1) is 46.5 Å². The molecule has 1 atom stereocenters. The molecule has 0 aliphatic heterocycles. The third-order valence-corrected chi connectivity index (χ3v) is 7.72. The number of benzene rings is 2. The van der Waals surface area contributed by atoms with Crippen molar-refractivity contribution in [2.45, 2.75) is 70.8 Å². The summed E-state index contributed by atoms with van der Waals surface area (Å²) in [7, 11) is 0. The fourth-order valence-corrected chi connectivity index (χ4v) is 5.81. The number of hydrogen-bond donors (Lipinski definition) is 0. The van der Waals surface area contributed by atoms with E-state index < -0.39 is 29.3 Å². The molecule has 0 N–H and O–H groups in total. The van der Waals surface area contributed by atoms with Gasteiger partial charge in [-0.05, 0) is 84.8 Å². The average molecular weight is 504 g/mol. The second-order valence-electron chi connectivity index (χ2n) is 10.0. The minimum atomic E-state index is -4.39. The van der Waals surface area contributed by atoms with Gasteiger partial charge in [-0.3, -0.25) is 0 Å². The Morgan fingerprint density at radius 2 is 1.58 bits per heavy atom. The molecule has 2 aromatic carbocycles. The number of alkyl halides is 2. The minimum Gasteiger partial charge on any atom is -0.415 e. The van der Waals surface area contributed by atoms with Gasteiger partial charge in [0, 0.05) is 5.56 Å². The fraction of sp³-hybridized carbons (Fsp3) is 0.483. The first-order valence-corrected chi connectivity index (χ1v) is 12.7. The maximum Gasteiger partial charge on any atom is 0.494 e. The van der Waals surface area contributed by atoms with Gasteiger partial charge in [-0.2, -0.15) is 5.26 Å². The molecule has 36 heavy (non-hydrogen) atoms. The summed E-state index contributed by atoms with van der Waals surface area (Å²) < 4.78 is 73.6. The van der Waals surface area contributed by atoms with Crippen LogP contribution in [0.4, 0.5) is 22.0 Å². The zero-order valence-electron chi connectivity index (χ0n) is 20.3. The molecule has 2 aliphatic rings. The summed E-state index contributed by atoms with van der Waals surface area (Å²) in [4.78, 5) is 0. The summed E-state index contributed by atoms with van der Waals surface area (Å²) in [6, 6.07) is 6.43. The third kappa shape index (κ3) is 5.91. The molecule has 2 aromatic rings. The van der Waals surface area contributed by atoms with Crippen LogP contribution in [0.5, 0.6) is 5.75 Å². The van der Waals surface area contributed by atoms with Crippen molar-refractivity contribution in [2.75, 3.05) is 0 Å². The second-order valence-corrected chi connectivity index (χ2v) is 10.0. The lowest BCUT2D eigenvalue weighted by Crippen LogP contribution is -2.23. The van der Waals surface area contributed by atoms with Gasteiger partial charge in [0.1, 0.15) is 5.82 Å². The van der Waals surface area contributed by atoms with E-state index >= 15 is 0 Å². The van der Waals surface area contributed by atoms with E-state index in [4.69, 9.17) is 5.26 Å². The zero-order chi connectivity index (χ0) is 25.9. The van der Waals surface area contributed by atoms with Crippen LogP contribution >= 0.6 is 0 Å². The summed E-state index contributed by atoms with van der Waals surface area (Å²) in [5.41, 5.74) is 1.58. The first kappa shape index (κ1) is 26.2. The van der Waals surface area contributed by atoms with E-state index in [-0.39, 0.29) is 11.1 Å². The van der Waals surface area contributed by atoms with E-state index in [0.717, 1.165) is 42.2 Å². The number of allylic oxidation sites excluding steroid dienone is 2. The van der Waals surface area contributed by atoms with E-state index in [2.05, 4.69) is 17.7 Å². The summed E-state index contributed by atoms with van der Waals surface area (Å²) in [5, 5.41) is 8.32. The predicted octanol–water partition coefficient (Wildman–Crippen LogP) is 9.06. The first-order chi connectivity index (χ1) is 17.2. The van der Waals surface area contributed by atoms with Crippen molar-refractivity contribution in [2.24, 2.45) is 17.8 Å². The molecule has 2 aliphatic carbocycles. The fourth-order valence-electron chi connectivity index (χ4n) is 5.81. The van der Waals surface area contributed by atoms with Gasteiger partial charge in [-0.25, -0.2) is 13.2 Å². The highest BCUT2D eigenvalue weighted by Crippen LogP contribution is 2.42. The number of nitrogens with zero attached hydrogens (tertiary/aromatic N) is 1. The maximum atomic E-state index is 15.0. The number of nitriles is 1. The molecule has 0 spiro atoms. The van der Waals surface area contributed by atoms with E-state index in [1.54, 1.807) is 6.07 Å². The SMILES string of the molecule is CCCC1CCC(C2CC=C(c3ccc(-c4cc(F)c(OC(F)(F)C#N)c(F)c4)c(F)c3)CC2)CC1. The van der Waals surface area contributed by atoms with Crippen LogP contribution in [0.2, 0.25) is 0 Å². The molecule has 0 radical (unpaired) electrons. The van der Waals surface area contributed by atoms with Crippen LogP contribution in [-0.4, -0.2) is 6.11 Å². The minimum absolute atomic E-state index is 0.0618. The summed E-state index contributed by atoms with van der Waals surface area (Å²) in [6.07, 6.45) is 8.55. The summed E-state index contributed by atoms with van der Waals surface area (Å²) in [5.74, 6) is -2.64. The highest BCUT2D eigenvalue weighted by atomic mass is 19.3. The van der Waals surface area contributed by atoms with Crippen molar-refractivity contribution < 1.29 is 26.7 Å². The topological polar surface area (TPSA) is 33.0 Å². The van der Waals surface area contributed by atoms with Crippen molar-refractivity contribution in [3.05, 3.63) is 59.4 Å². The van der Waals surface area contributed by atoms with Crippen molar-refractivity contribution in [1.29, 1.82) is 5.26 Å².